The van der Waals surface area contributed by atoms with E-state index in [9.17, 15) is 4.79 Å². The van der Waals surface area contributed by atoms with Crippen LogP contribution in [0.25, 0.3) is 0 Å². The number of para-hydroxylation sites is 1. The van der Waals surface area contributed by atoms with Crippen molar-refractivity contribution in [2.24, 2.45) is 5.92 Å². The maximum atomic E-state index is 12.2. The molecule has 18 heavy (non-hydrogen) atoms. The summed E-state index contributed by atoms with van der Waals surface area (Å²) in [6.07, 6.45) is 6.06. The molecule has 2 atom stereocenters. The lowest BCUT2D eigenvalue weighted by molar-refractivity contribution is 0.0922. The van der Waals surface area contributed by atoms with Crippen molar-refractivity contribution in [2.75, 3.05) is 5.73 Å². The second kappa shape index (κ2) is 5.89. The Morgan fingerprint density at radius 2 is 1.94 bits per heavy atom. The Bertz CT molecular complexity index is 417. The van der Waals surface area contributed by atoms with Gasteiger partial charge in [0.15, 0.2) is 0 Å². The Labute approximate surface area is 109 Å². The molecule has 98 valence electrons. The third-order valence-corrected chi connectivity index (χ3v) is 3.88. The first kappa shape index (κ1) is 12.9. The van der Waals surface area contributed by atoms with Crippen LogP contribution in [0, 0.1) is 5.92 Å². The van der Waals surface area contributed by atoms with Crippen LogP contribution in [0.5, 0.6) is 0 Å². The summed E-state index contributed by atoms with van der Waals surface area (Å²) in [6, 6.07) is 7.54. The quantitative estimate of drug-likeness (QED) is 0.622. The zero-order valence-corrected chi connectivity index (χ0v) is 11.0. The smallest absolute Gasteiger partial charge is 0.253 e. The number of hydrogen-bond acceptors (Lipinski definition) is 2. The number of rotatable bonds is 2. The Hall–Kier alpha value is -1.51. The molecule has 3 N–H and O–H groups in total. The van der Waals surface area contributed by atoms with E-state index in [2.05, 4.69) is 12.2 Å². The lowest BCUT2D eigenvalue weighted by Crippen LogP contribution is -2.39. The summed E-state index contributed by atoms with van der Waals surface area (Å²) >= 11 is 0. The van der Waals surface area contributed by atoms with Crippen LogP contribution >= 0.6 is 0 Å². The molecule has 2 rings (SSSR count). The number of anilines is 1. The first-order valence-electron chi connectivity index (χ1n) is 6.84. The van der Waals surface area contributed by atoms with Crippen LogP contribution in [0.1, 0.15) is 49.4 Å². The van der Waals surface area contributed by atoms with Crippen molar-refractivity contribution in [3.63, 3.8) is 0 Å². The monoisotopic (exact) mass is 246 g/mol. The lowest BCUT2D eigenvalue weighted by Gasteiger charge is -2.23. The molecule has 0 heterocycles. The average Bonchev–Trinajstić information content (AvgIpc) is 2.55. The molecule has 0 aromatic heterocycles. The van der Waals surface area contributed by atoms with Crippen molar-refractivity contribution in [1.29, 1.82) is 0 Å². The molecule has 1 aromatic carbocycles. The van der Waals surface area contributed by atoms with Crippen molar-refractivity contribution in [1.82, 2.24) is 5.32 Å². The second-order valence-corrected chi connectivity index (χ2v) is 5.28. The minimum atomic E-state index is -0.0353. The summed E-state index contributed by atoms with van der Waals surface area (Å²) in [7, 11) is 0. The van der Waals surface area contributed by atoms with Crippen molar-refractivity contribution in [2.45, 2.75) is 45.1 Å². The second-order valence-electron chi connectivity index (χ2n) is 5.28. The number of carbonyl (C=O) groups is 1. The van der Waals surface area contributed by atoms with E-state index in [0.717, 1.165) is 6.42 Å². The molecule has 1 amide bonds. The molecule has 0 spiro atoms. The van der Waals surface area contributed by atoms with Gasteiger partial charge in [0.1, 0.15) is 0 Å². The predicted molar refractivity (Wildman–Crippen MR) is 74.4 cm³/mol. The van der Waals surface area contributed by atoms with E-state index in [4.69, 9.17) is 5.73 Å². The van der Waals surface area contributed by atoms with E-state index in [-0.39, 0.29) is 5.91 Å². The van der Waals surface area contributed by atoms with Gasteiger partial charge in [0.25, 0.3) is 5.91 Å². The molecule has 1 saturated carbocycles. The van der Waals surface area contributed by atoms with E-state index < -0.39 is 0 Å². The number of nitrogen functional groups attached to an aromatic ring is 1. The number of nitrogens with two attached hydrogens (primary N) is 1. The van der Waals surface area contributed by atoms with Gasteiger partial charge in [-0.3, -0.25) is 4.79 Å². The van der Waals surface area contributed by atoms with Crippen molar-refractivity contribution in [3.8, 4) is 0 Å². The third-order valence-electron chi connectivity index (χ3n) is 3.88. The zero-order chi connectivity index (χ0) is 13.0. The molecule has 1 aromatic rings. The third kappa shape index (κ3) is 3.03. The van der Waals surface area contributed by atoms with Crippen LogP contribution in [0.2, 0.25) is 0 Å². The minimum Gasteiger partial charge on any atom is -0.398 e. The highest BCUT2D eigenvalue weighted by Crippen LogP contribution is 2.23. The van der Waals surface area contributed by atoms with Crippen LogP contribution < -0.4 is 11.1 Å². The maximum Gasteiger partial charge on any atom is 0.253 e. The van der Waals surface area contributed by atoms with Crippen LogP contribution in [0.15, 0.2) is 24.3 Å². The van der Waals surface area contributed by atoms with Crippen molar-refractivity contribution in [3.05, 3.63) is 29.8 Å². The first-order chi connectivity index (χ1) is 8.68. The number of hydrogen-bond donors (Lipinski definition) is 2. The van der Waals surface area contributed by atoms with Crippen molar-refractivity contribution < 1.29 is 4.79 Å². The largest absolute Gasteiger partial charge is 0.398 e. The van der Waals surface area contributed by atoms with E-state index in [1.54, 1.807) is 12.1 Å². The zero-order valence-electron chi connectivity index (χ0n) is 11.0. The highest BCUT2D eigenvalue weighted by Gasteiger charge is 2.22. The highest BCUT2D eigenvalue weighted by atomic mass is 16.1. The molecular weight excluding hydrogens is 224 g/mol. The SMILES string of the molecule is CC1CCCCCC1NC(=O)c1ccccc1N. The molecule has 2 unspecified atom stereocenters. The van der Waals surface area contributed by atoms with E-state index in [1.807, 2.05) is 12.1 Å². The molecular formula is C15H22N2O. The fourth-order valence-electron chi connectivity index (χ4n) is 2.66. The average molecular weight is 246 g/mol. The first-order valence-corrected chi connectivity index (χ1v) is 6.84. The van der Waals surface area contributed by atoms with Crippen LogP contribution in [0.4, 0.5) is 5.69 Å². The van der Waals surface area contributed by atoms with E-state index in [0.29, 0.717) is 23.2 Å². The number of carbonyl (C=O) groups excluding carboxylic acids is 1. The van der Waals surface area contributed by atoms with Gasteiger partial charge in [-0.2, -0.15) is 0 Å². The predicted octanol–water partition coefficient (Wildman–Crippen LogP) is 2.97. The molecule has 0 aliphatic heterocycles. The van der Waals surface area contributed by atoms with Crippen LogP contribution in [-0.2, 0) is 0 Å². The highest BCUT2D eigenvalue weighted by molar-refractivity contribution is 5.99. The van der Waals surface area contributed by atoms with Gasteiger partial charge < -0.3 is 11.1 Å². The fourth-order valence-corrected chi connectivity index (χ4v) is 2.66. The topological polar surface area (TPSA) is 55.1 Å². The van der Waals surface area contributed by atoms with Gasteiger partial charge in [0.2, 0.25) is 0 Å². The van der Waals surface area contributed by atoms with E-state index in [1.165, 1.54) is 25.7 Å². The maximum absolute atomic E-state index is 12.2. The molecule has 0 radical (unpaired) electrons. The Morgan fingerprint density at radius 3 is 2.72 bits per heavy atom. The Morgan fingerprint density at radius 1 is 1.22 bits per heavy atom. The molecule has 1 aliphatic rings. The summed E-state index contributed by atoms with van der Waals surface area (Å²) in [5.41, 5.74) is 6.97. The molecule has 0 saturated heterocycles. The number of benzene rings is 1. The van der Waals surface area contributed by atoms with Gasteiger partial charge >= 0.3 is 0 Å². The van der Waals surface area contributed by atoms with Gasteiger partial charge in [-0.1, -0.05) is 38.3 Å². The molecule has 3 nitrogen and oxygen atoms in total. The van der Waals surface area contributed by atoms with Gasteiger partial charge in [0.05, 0.1) is 5.56 Å². The normalized spacial score (nSPS) is 24.3. The summed E-state index contributed by atoms with van der Waals surface area (Å²) in [5, 5.41) is 3.15. The van der Waals surface area contributed by atoms with Gasteiger partial charge in [-0.15, -0.1) is 0 Å². The molecule has 0 bridgehead atoms. The minimum absolute atomic E-state index is 0.0353. The number of amides is 1. The summed E-state index contributed by atoms with van der Waals surface area (Å²) in [4.78, 5) is 12.2. The van der Waals surface area contributed by atoms with Gasteiger partial charge in [-0.25, -0.2) is 0 Å². The summed E-state index contributed by atoms with van der Waals surface area (Å²) in [6.45, 7) is 2.23. The summed E-state index contributed by atoms with van der Waals surface area (Å²) < 4.78 is 0. The van der Waals surface area contributed by atoms with Crippen molar-refractivity contribution >= 4 is 11.6 Å². The van der Waals surface area contributed by atoms with Gasteiger partial charge in [0, 0.05) is 11.7 Å². The molecule has 1 fully saturated rings. The molecule has 3 heteroatoms. The lowest BCUT2D eigenvalue weighted by atomic mass is 9.96. The molecule has 1 aliphatic carbocycles. The summed E-state index contributed by atoms with van der Waals surface area (Å²) in [5.74, 6) is 0.522. The number of nitrogens with one attached hydrogen (secondary N) is 1. The Kier molecular flexibility index (Phi) is 4.24. The van der Waals surface area contributed by atoms with E-state index >= 15 is 0 Å². The van der Waals surface area contributed by atoms with Crippen LogP contribution in [0.3, 0.4) is 0 Å². The van der Waals surface area contributed by atoms with Crippen LogP contribution in [-0.4, -0.2) is 11.9 Å². The fraction of sp³-hybridized carbons (Fsp3) is 0.533. The Balaban J connectivity index is 2.04. The van der Waals surface area contributed by atoms with Gasteiger partial charge in [-0.05, 0) is 30.9 Å². The standard InChI is InChI=1S/C15H22N2O/c1-11-7-3-2-4-10-14(11)17-15(18)12-8-5-6-9-13(12)16/h5-6,8-9,11,14H,2-4,7,10,16H2,1H3,(H,17,18).